The first-order valence-corrected chi connectivity index (χ1v) is 6.95. The lowest BCUT2D eigenvalue weighted by Gasteiger charge is -2.11. The molecule has 0 aliphatic carbocycles. The number of imidazole rings is 1. The molecule has 0 atom stereocenters. The fourth-order valence-electron chi connectivity index (χ4n) is 2.07. The van der Waals surface area contributed by atoms with Crippen LogP contribution in [0.4, 0.5) is 5.95 Å². The van der Waals surface area contributed by atoms with Crippen molar-refractivity contribution in [3.05, 3.63) is 47.8 Å². The Morgan fingerprint density at radius 1 is 1.32 bits per heavy atom. The molecule has 0 radical (unpaired) electrons. The molecule has 0 fully saturated rings. The topological polar surface area (TPSA) is 29.9 Å². The van der Waals surface area contributed by atoms with Gasteiger partial charge in [-0.15, -0.1) is 0 Å². The number of nitrogens with zero attached hydrogens (tertiary/aromatic N) is 2. The van der Waals surface area contributed by atoms with Gasteiger partial charge in [0.15, 0.2) is 0 Å². The van der Waals surface area contributed by atoms with Crippen LogP contribution in [0.5, 0.6) is 0 Å². The van der Waals surface area contributed by atoms with Crippen molar-refractivity contribution in [3.8, 4) is 0 Å². The third-order valence-corrected chi connectivity index (χ3v) is 3.11. The van der Waals surface area contributed by atoms with Crippen molar-refractivity contribution in [2.24, 2.45) is 5.92 Å². The quantitative estimate of drug-likeness (QED) is 0.858. The molecule has 1 aromatic heterocycles. The maximum absolute atomic E-state index is 4.37. The predicted octanol–water partition coefficient (Wildman–Crippen LogP) is 3.50. The van der Waals surface area contributed by atoms with E-state index in [9.17, 15) is 0 Å². The van der Waals surface area contributed by atoms with Crippen molar-refractivity contribution in [3.63, 3.8) is 0 Å². The number of nitrogens with one attached hydrogen (secondary N) is 1. The minimum atomic E-state index is 0.627. The standard InChI is InChI=1S/C16H23N3/c1-13(2)12-18-16-17-8-10-19(16)9-7-15-6-4-5-14(3)11-15/h4-6,8,10-11,13H,7,9,12H2,1-3H3,(H,17,18). The summed E-state index contributed by atoms with van der Waals surface area (Å²) in [4.78, 5) is 4.37. The lowest BCUT2D eigenvalue weighted by molar-refractivity contribution is 0.660. The molecule has 0 spiro atoms. The molecule has 0 amide bonds. The third-order valence-electron chi connectivity index (χ3n) is 3.11. The molecule has 0 bridgehead atoms. The molecule has 2 rings (SSSR count). The molecule has 1 aromatic carbocycles. The zero-order valence-electron chi connectivity index (χ0n) is 12.1. The first kappa shape index (κ1) is 13.7. The van der Waals surface area contributed by atoms with Crippen LogP contribution in [0.1, 0.15) is 25.0 Å². The Balaban J connectivity index is 1.94. The van der Waals surface area contributed by atoms with Crippen LogP contribution in [0.15, 0.2) is 36.7 Å². The van der Waals surface area contributed by atoms with Gasteiger partial charge in [-0.2, -0.15) is 0 Å². The van der Waals surface area contributed by atoms with Crippen molar-refractivity contribution < 1.29 is 0 Å². The van der Waals surface area contributed by atoms with Gasteiger partial charge in [0.2, 0.25) is 5.95 Å². The van der Waals surface area contributed by atoms with Crippen LogP contribution in [0, 0.1) is 12.8 Å². The monoisotopic (exact) mass is 257 g/mol. The summed E-state index contributed by atoms with van der Waals surface area (Å²) < 4.78 is 2.19. The molecule has 0 aliphatic rings. The average molecular weight is 257 g/mol. The van der Waals surface area contributed by atoms with Gasteiger partial charge in [0, 0.05) is 25.5 Å². The summed E-state index contributed by atoms with van der Waals surface area (Å²) in [5, 5.41) is 3.39. The van der Waals surface area contributed by atoms with E-state index in [4.69, 9.17) is 0 Å². The fraction of sp³-hybridized carbons (Fsp3) is 0.438. The Hall–Kier alpha value is -1.77. The zero-order valence-corrected chi connectivity index (χ0v) is 12.1. The molecular formula is C16H23N3. The second-order valence-corrected chi connectivity index (χ2v) is 5.46. The SMILES string of the molecule is Cc1cccc(CCn2ccnc2NCC(C)C)c1. The van der Waals surface area contributed by atoms with Crippen LogP contribution >= 0.6 is 0 Å². The van der Waals surface area contributed by atoms with Gasteiger partial charge in [0.05, 0.1) is 0 Å². The molecular weight excluding hydrogens is 234 g/mol. The number of hydrogen-bond donors (Lipinski definition) is 1. The molecule has 1 N–H and O–H groups in total. The average Bonchev–Trinajstić information content (AvgIpc) is 2.81. The summed E-state index contributed by atoms with van der Waals surface area (Å²) in [5.74, 6) is 1.60. The number of hydrogen-bond acceptors (Lipinski definition) is 2. The Kier molecular flexibility index (Phi) is 4.61. The molecule has 0 unspecified atom stereocenters. The van der Waals surface area contributed by atoms with Gasteiger partial charge in [-0.3, -0.25) is 0 Å². The van der Waals surface area contributed by atoms with Crippen LogP contribution in [0.3, 0.4) is 0 Å². The summed E-state index contributed by atoms with van der Waals surface area (Å²) in [6.07, 6.45) is 4.94. The summed E-state index contributed by atoms with van der Waals surface area (Å²) >= 11 is 0. The van der Waals surface area contributed by atoms with Gasteiger partial charge in [-0.05, 0) is 24.8 Å². The minimum absolute atomic E-state index is 0.627. The Labute approximate surface area is 115 Å². The molecule has 19 heavy (non-hydrogen) atoms. The molecule has 0 saturated carbocycles. The second-order valence-electron chi connectivity index (χ2n) is 5.46. The highest BCUT2D eigenvalue weighted by Crippen LogP contribution is 2.10. The second kappa shape index (κ2) is 6.41. The smallest absolute Gasteiger partial charge is 0.202 e. The lowest BCUT2D eigenvalue weighted by Crippen LogP contribution is -2.13. The van der Waals surface area contributed by atoms with Gasteiger partial charge >= 0.3 is 0 Å². The van der Waals surface area contributed by atoms with Crippen LogP contribution in [0.2, 0.25) is 0 Å². The molecule has 0 saturated heterocycles. The van der Waals surface area contributed by atoms with E-state index in [0.29, 0.717) is 5.92 Å². The van der Waals surface area contributed by atoms with Gasteiger partial charge in [-0.25, -0.2) is 4.98 Å². The van der Waals surface area contributed by atoms with Gasteiger partial charge in [0.1, 0.15) is 0 Å². The lowest BCUT2D eigenvalue weighted by atomic mass is 10.1. The third kappa shape index (κ3) is 4.12. The molecule has 3 nitrogen and oxygen atoms in total. The highest BCUT2D eigenvalue weighted by molar-refractivity contribution is 5.27. The van der Waals surface area contributed by atoms with Gasteiger partial charge < -0.3 is 9.88 Å². The Morgan fingerprint density at radius 2 is 2.16 bits per heavy atom. The van der Waals surface area contributed by atoms with Crippen molar-refractivity contribution >= 4 is 5.95 Å². The normalized spacial score (nSPS) is 10.9. The molecule has 2 aromatic rings. The highest BCUT2D eigenvalue weighted by atomic mass is 15.2. The Morgan fingerprint density at radius 3 is 2.89 bits per heavy atom. The van der Waals surface area contributed by atoms with Crippen molar-refractivity contribution in [2.75, 3.05) is 11.9 Å². The first-order valence-electron chi connectivity index (χ1n) is 6.95. The van der Waals surface area contributed by atoms with Crippen LogP contribution in [-0.2, 0) is 13.0 Å². The van der Waals surface area contributed by atoms with Crippen LogP contribution in [0.25, 0.3) is 0 Å². The number of benzene rings is 1. The molecule has 102 valence electrons. The van der Waals surface area contributed by atoms with Crippen molar-refractivity contribution in [1.82, 2.24) is 9.55 Å². The largest absolute Gasteiger partial charge is 0.355 e. The van der Waals surface area contributed by atoms with E-state index in [0.717, 1.165) is 25.5 Å². The van der Waals surface area contributed by atoms with Crippen molar-refractivity contribution in [1.29, 1.82) is 0 Å². The molecule has 3 heteroatoms. The molecule has 1 heterocycles. The first-order chi connectivity index (χ1) is 9.15. The van der Waals surface area contributed by atoms with E-state index in [1.54, 1.807) is 0 Å². The summed E-state index contributed by atoms with van der Waals surface area (Å²) in [5.41, 5.74) is 2.70. The van der Waals surface area contributed by atoms with Crippen LogP contribution in [-0.4, -0.2) is 16.1 Å². The number of rotatable bonds is 6. The summed E-state index contributed by atoms with van der Waals surface area (Å²) in [6, 6.07) is 8.69. The van der Waals surface area contributed by atoms with E-state index >= 15 is 0 Å². The van der Waals surface area contributed by atoms with Gasteiger partial charge in [-0.1, -0.05) is 43.7 Å². The van der Waals surface area contributed by atoms with E-state index in [-0.39, 0.29) is 0 Å². The van der Waals surface area contributed by atoms with E-state index in [2.05, 4.69) is 59.9 Å². The highest BCUT2D eigenvalue weighted by Gasteiger charge is 2.03. The summed E-state index contributed by atoms with van der Waals surface area (Å²) in [6.45, 7) is 8.46. The Bertz CT molecular complexity index is 514. The maximum atomic E-state index is 4.37. The predicted molar refractivity (Wildman–Crippen MR) is 80.4 cm³/mol. The summed E-state index contributed by atoms with van der Waals surface area (Å²) in [7, 11) is 0. The van der Waals surface area contributed by atoms with Crippen LogP contribution < -0.4 is 5.32 Å². The van der Waals surface area contributed by atoms with E-state index in [1.807, 2.05) is 12.4 Å². The number of aromatic nitrogens is 2. The maximum Gasteiger partial charge on any atom is 0.202 e. The number of anilines is 1. The minimum Gasteiger partial charge on any atom is -0.355 e. The molecule has 0 aliphatic heterocycles. The van der Waals surface area contributed by atoms with E-state index in [1.165, 1.54) is 11.1 Å². The van der Waals surface area contributed by atoms with E-state index < -0.39 is 0 Å². The number of aryl methyl sites for hydroxylation is 3. The van der Waals surface area contributed by atoms with Crippen molar-refractivity contribution in [2.45, 2.75) is 33.7 Å². The fourth-order valence-corrected chi connectivity index (χ4v) is 2.07. The van der Waals surface area contributed by atoms with Gasteiger partial charge in [0.25, 0.3) is 0 Å². The zero-order chi connectivity index (χ0) is 13.7.